The fourth-order valence-corrected chi connectivity index (χ4v) is 3.81. The highest BCUT2D eigenvalue weighted by molar-refractivity contribution is 5.94. The van der Waals surface area contributed by atoms with Gasteiger partial charge in [-0.05, 0) is 70.3 Å². The van der Waals surface area contributed by atoms with Crippen molar-refractivity contribution in [1.29, 1.82) is 0 Å². The Balaban J connectivity index is 1.50. The van der Waals surface area contributed by atoms with Gasteiger partial charge in [0, 0.05) is 24.7 Å². The molecule has 2 aliphatic heterocycles. The maximum absolute atomic E-state index is 13.6. The predicted octanol–water partition coefficient (Wildman–Crippen LogP) is 2.80. The van der Waals surface area contributed by atoms with Gasteiger partial charge in [-0.15, -0.1) is 0 Å². The van der Waals surface area contributed by atoms with Crippen molar-refractivity contribution < 1.29 is 14.0 Å². The Hall–Kier alpha value is -1.95. The number of rotatable bonds is 4. The van der Waals surface area contributed by atoms with E-state index in [2.05, 4.69) is 10.2 Å². The van der Waals surface area contributed by atoms with E-state index in [-0.39, 0.29) is 29.6 Å². The smallest absolute Gasteiger partial charge is 0.241 e. The molecule has 0 aromatic heterocycles. The van der Waals surface area contributed by atoms with Gasteiger partial charge in [0.1, 0.15) is 5.82 Å². The van der Waals surface area contributed by atoms with Crippen molar-refractivity contribution in [2.75, 3.05) is 31.5 Å². The number of likely N-dealkylation sites (tertiary alicyclic amines) is 2. The summed E-state index contributed by atoms with van der Waals surface area (Å²) in [5.41, 5.74) is 1.03. The van der Waals surface area contributed by atoms with Crippen molar-refractivity contribution in [3.05, 3.63) is 29.6 Å². The third-order valence-corrected chi connectivity index (χ3v) is 5.66. The molecule has 0 saturated carbocycles. The number of hydrogen-bond acceptors (Lipinski definition) is 3. The maximum atomic E-state index is 13.6. The highest BCUT2D eigenvalue weighted by Gasteiger charge is 2.32. The molecule has 0 bridgehead atoms. The minimum Gasteiger partial charge on any atom is -0.342 e. The summed E-state index contributed by atoms with van der Waals surface area (Å²) in [6.07, 6.45) is 3.82. The highest BCUT2D eigenvalue weighted by atomic mass is 19.1. The Morgan fingerprint density at radius 3 is 2.42 bits per heavy atom. The van der Waals surface area contributed by atoms with Crippen LogP contribution in [0.25, 0.3) is 0 Å². The summed E-state index contributed by atoms with van der Waals surface area (Å²) in [7, 11) is 0. The second-order valence-corrected chi connectivity index (χ2v) is 7.47. The zero-order valence-corrected chi connectivity index (χ0v) is 15.6. The molecule has 2 amide bonds. The number of anilines is 1. The van der Waals surface area contributed by atoms with Crippen LogP contribution in [-0.2, 0) is 9.59 Å². The van der Waals surface area contributed by atoms with E-state index in [9.17, 15) is 14.0 Å². The van der Waals surface area contributed by atoms with Crippen LogP contribution in [0.4, 0.5) is 10.1 Å². The van der Waals surface area contributed by atoms with Gasteiger partial charge < -0.3 is 10.2 Å². The fraction of sp³-hybridized carbons (Fsp3) is 0.600. The number of nitrogens with zero attached hydrogens (tertiary/aromatic N) is 2. The van der Waals surface area contributed by atoms with Crippen molar-refractivity contribution in [2.45, 2.75) is 45.6 Å². The molecule has 2 saturated heterocycles. The summed E-state index contributed by atoms with van der Waals surface area (Å²) in [5.74, 6) is -0.0885. The Bertz CT molecular complexity index is 665. The minimum atomic E-state index is -0.323. The maximum Gasteiger partial charge on any atom is 0.241 e. The van der Waals surface area contributed by atoms with Crippen molar-refractivity contribution in [3.8, 4) is 0 Å². The third kappa shape index (κ3) is 4.23. The molecule has 142 valence electrons. The van der Waals surface area contributed by atoms with Crippen LogP contribution in [0.15, 0.2) is 18.2 Å². The molecule has 0 aliphatic carbocycles. The lowest BCUT2D eigenvalue weighted by atomic mass is 9.94. The second-order valence-electron chi connectivity index (χ2n) is 7.47. The molecule has 1 unspecified atom stereocenters. The third-order valence-electron chi connectivity index (χ3n) is 5.66. The van der Waals surface area contributed by atoms with E-state index in [4.69, 9.17) is 0 Å². The first-order valence-corrected chi connectivity index (χ1v) is 9.55. The number of piperidine rings is 1. The zero-order valence-electron chi connectivity index (χ0n) is 15.6. The molecular weight excluding hydrogens is 333 g/mol. The van der Waals surface area contributed by atoms with E-state index in [1.54, 1.807) is 19.1 Å². The number of carbonyl (C=O) groups is 2. The summed E-state index contributed by atoms with van der Waals surface area (Å²) in [6.45, 7) is 6.82. The Morgan fingerprint density at radius 1 is 1.15 bits per heavy atom. The average Bonchev–Trinajstić information content (AvgIpc) is 3.18. The summed E-state index contributed by atoms with van der Waals surface area (Å²) in [4.78, 5) is 29.1. The molecule has 5 nitrogen and oxygen atoms in total. The largest absolute Gasteiger partial charge is 0.342 e. The summed E-state index contributed by atoms with van der Waals surface area (Å²) in [6, 6.07) is 4.41. The van der Waals surface area contributed by atoms with Gasteiger partial charge in [0.05, 0.1) is 6.04 Å². The molecule has 26 heavy (non-hydrogen) atoms. The Morgan fingerprint density at radius 2 is 1.81 bits per heavy atom. The number of benzene rings is 1. The van der Waals surface area contributed by atoms with E-state index >= 15 is 0 Å². The SMILES string of the molecule is Cc1ccc(NC(=O)C(C)N2CCC(C(=O)N3CCCC3)CC2)cc1F. The van der Waals surface area contributed by atoms with Gasteiger partial charge in [0.25, 0.3) is 0 Å². The van der Waals surface area contributed by atoms with E-state index < -0.39 is 0 Å². The molecule has 6 heteroatoms. The number of hydrogen-bond donors (Lipinski definition) is 1. The van der Waals surface area contributed by atoms with Crippen LogP contribution in [0.5, 0.6) is 0 Å². The van der Waals surface area contributed by atoms with Gasteiger partial charge >= 0.3 is 0 Å². The van der Waals surface area contributed by atoms with Crippen LogP contribution in [0.2, 0.25) is 0 Å². The molecular formula is C20H28FN3O2. The van der Waals surface area contributed by atoms with E-state index in [1.165, 1.54) is 6.07 Å². The summed E-state index contributed by atoms with van der Waals surface area (Å²) >= 11 is 0. The molecule has 1 N–H and O–H groups in total. The second kappa shape index (κ2) is 8.16. The van der Waals surface area contributed by atoms with Crippen LogP contribution in [0.1, 0.15) is 38.2 Å². The molecule has 2 aliphatic rings. The summed E-state index contributed by atoms with van der Waals surface area (Å²) < 4.78 is 13.6. The number of nitrogens with one attached hydrogen (secondary N) is 1. The highest BCUT2D eigenvalue weighted by Crippen LogP contribution is 2.23. The average molecular weight is 361 g/mol. The number of amides is 2. The van der Waals surface area contributed by atoms with Crippen molar-refractivity contribution in [1.82, 2.24) is 9.80 Å². The predicted molar refractivity (Wildman–Crippen MR) is 99.3 cm³/mol. The van der Waals surface area contributed by atoms with Crippen molar-refractivity contribution in [2.24, 2.45) is 5.92 Å². The van der Waals surface area contributed by atoms with Gasteiger partial charge in [-0.3, -0.25) is 14.5 Å². The lowest BCUT2D eigenvalue weighted by molar-refractivity contribution is -0.136. The van der Waals surface area contributed by atoms with Crippen LogP contribution in [-0.4, -0.2) is 53.8 Å². The van der Waals surface area contributed by atoms with Crippen molar-refractivity contribution >= 4 is 17.5 Å². The normalized spacial score (nSPS) is 20.2. The minimum absolute atomic E-state index is 0.0887. The molecule has 2 fully saturated rings. The van der Waals surface area contributed by atoms with E-state index in [0.29, 0.717) is 11.3 Å². The Labute approximate surface area is 154 Å². The molecule has 1 aromatic carbocycles. The first kappa shape index (κ1) is 18.8. The number of halogens is 1. The zero-order chi connectivity index (χ0) is 18.7. The molecule has 2 heterocycles. The van der Waals surface area contributed by atoms with Gasteiger partial charge in [0.15, 0.2) is 0 Å². The molecule has 3 rings (SSSR count). The molecule has 0 spiro atoms. The van der Waals surface area contributed by atoms with Crippen LogP contribution in [0.3, 0.4) is 0 Å². The molecule has 1 atom stereocenters. The lowest BCUT2D eigenvalue weighted by Crippen LogP contribution is -2.48. The van der Waals surface area contributed by atoms with Crippen LogP contribution < -0.4 is 5.32 Å². The quantitative estimate of drug-likeness (QED) is 0.897. The number of aryl methyl sites for hydroxylation is 1. The van der Waals surface area contributed by atoms with Crippen LogP contribution in [0, 0.1) is 18.7 Å². The van der Waals surface area contributed by atoms with Gasteiger partial charge in [-0.2, -0.15) is 0 Å². The fourth-order valence-electron chi connectivity index (χ4n) is 3.81. The first-order chi connectivity index (χ1) is 12.5. The van der Waals surface area contributed by atoms with Crippen molar-refractivity contribution in [3.63, 3.8) is 0 Å². The van der Waals surface area contributed by atoms with E-state index in [0.717, 1.165) is 51.9 Å². The topological polar surface area (TPSA) is 52.7 Å². The first-order valence-electron chi connectivity index (χ1n) is 9.55. The molecule has 0 radical (unpaired) electrons. The Kier molecular flexibility index (Phi) is 5.91. The molecule has 1 aromatic rings. The summed E-state index contributed by atoms with van der Waals surface area (Å²) in [5, 5.41) is 2.79. The van der Waals surface area contributed by atoms with E-state index in [1.807, 2.05) is 11.8 Å². The van der Waals surface area contributed by atoms with Crippen LogP contribution >= 0.6 is 0 Å². The lowest BCUT2D eigenvalue weighted by Gasteiger charge is -2.36. The van der Waals surface area contributed by atoms with Gasteiger partial charge in [0.2, 0.25) is 11.8 Å². The van der Waals surface area contributed by atoms with Gasteiger partial charge in [-0.25, -0.2) is 4.39 Å². The number of carbonyl (C=O) groups excluding carboxylic acids is 2. The van der Waals surface area contributed by atoms with Gasteiger partial charge in [-0.1, -0.05) is 6.07 Å². The monoisotopic (exact) mass is 361 g/mol. The standard InChI is InChI=1S/C20H28FN3O2/c1-14-5-6-17(13-18(14)21)22-19(25)15(2)23-11-7-16(8-12-23)20(26)24-9-3-4-10-24/h5-6,13,15-16H,3-4,7-12H2,1-2H3,(H,22,25).